The molecule has 3 rings (SSSR count). The predicted molar refractivity (Wildman–Crippen MR) is 93.7 cm³/mol. The smallest absolute Gasteiger partial charge is 0.315 e. The number of urea groups is 1. The lowest BCUT2D eigenvalue weighted by atomic mass is 9.72. The molecule has 2 N–H and O–H groups in total. The molecule has 1 saturated carbocycles. The minimum Gasteiger partial charge on any atom is -0.338 e. The van der Waals surface area contributed by atoms with Crippen LogP contribution in [-0.4, -0.2) is 12.6 Å². The lowest BCUT2D eigenvalue weighted by Gasteiger charge is -2.43. The number of hydrogen-bond acceptors (Lipinski definition) is 1. The van der Waals surface area contributed by atoms with Gasteiger partial charge in [0.2, 0.25) is 0 Å². The highest BCUT2D eigenvalue weighted by Crippen LogP contribution is 2.40. The van der Waals surface area contributed by atoms with Crippen molar-refractivity contribution in [3.63, 3.8) is 0 Å². The highest BCUT2D eigenvalue weighted by molar-refractivity contribution is 6.30. The van der Waals surface area contributed by atoms with E-state index in [9.17, 15) is 4.79 Å². The number of halogens is 1. The Morgan fingerprint density at radius 2 is 1.74 bits per heavy atom. The van der Waals surface area contributed by atoms with E-state index in [1.54, 1.807) is 0 Å². The molecular formula is C19H21ClN2O. The summed E-state index contributed by atoms with van der Waals surface area (Å²) in [6.45, 7) is 0.609. The minimum atomic E-state index is -0.189. The fourth-order valence-corrected chi connectivity index (χ4v) is 3.13. The van der Waals surface area contributed by atoms with E-state index in [4.69, 9.17) is 11.6 Å². The van der Waals surface area contributed by atoms with Gasteiger partial charge in [-0.2, -0.15) is 0 Å². The first-order valence-corrected chi connectivity index (χ1v) is 8.42. The number of rotatable bonds is 5. The van der Waals surface area contributed by atoms with E-state index < -0.39 is 0 Å². The summed E-state index contributed by atoms with van der Waals surface area (Å²) in [5.74, 6) is 0. The summed E-state index contributed by atoms with van der Waals surface area (Å²) in [6.07, 6.45) is 3.95. The van der Waals surface area contributed by atoms with Gasteiger partial charge in [0.1, 0.15) is 0 Å². The predicted octanol–water partition coefficient (Wildman–Crippen LogP) is 4.26. The van der Waals surface area contributed by atoms with Gasteiger partial charge in [-0.1, -0.05) is 54.1 Å². The average molecular weight is 329 g/mol. The monoisotopic (exact) mass is 328 g/mol. The Bertz CT molecular complexity index is 651. The molecule has 0 atom stereocenters. The molecule has 0 bridgehead atoms. The summed E-state index contributed by atoms with van der Waals surface area (Å²) in [6, 6.07) is 17.8. The average Bonchev–Trinajstić information content (AvgIpc) is 2.54. The van der Waals surface area contributed by atoms with Crippen LogP contribution in [0, 0.1) is 0 Å². The molecule has 0 unspecified atom stereocenters. The number of nitrogens with one attached hydrogen (secondary N) is 2. The zero-order valence-corrected chi connectivity index (χ0v) is 13.8. The summed E-state index contributed by atoms with van der Waals surface area (Å²) in [5, 5.41) is 6.86. The number of benzene rings is 2. The molecule has 2 aromatic carbocycles. The zero-order chi connectivity index (χ0) is 16.1. The van der Waals surface area contributed by atoms with Crippen molar-refractivity contribution in [2.45, 2.75) is 31.2 Å². The molecule has 0 aliphatic heterocycles. The zero-order valence-electron chi connectivity index (χ0n) is 13.0. The molecule has 0 heterocycles. The maximum Gasteiger partial charge on any atom is 0.315 e. The fraction of sp³-hybridized carbons (Fsp3) is 0.316. The van der Waals surface area contributed by atoms with Crippen molar-refractivity contribution in [1.29, 1.82) is 0 Å². The normalized spacial score (nSPS) is 15.5. The molecule has 1 aliphatic carbocycles. The second-order valence-electron chi connectivity index (χ2n) is 6.06. The van der Waals surface area contributed by atoms with Gasteiger partial charge in [0, 0.05) is 11.6 Å². The van der Waals surface area contributed by atoms with Crippen LogP contribution in [0.1, 0.15) is 30.4 Å². The van der Waals surface area contributed by atoms with Gasteiger partial charge in [0.25, 0.3) is 0 Å². The molecule has 120 valence electrons. The molecule has 2 amide bonds. The van der Waals surface area contributed by atoms with E-state index in [-0.39, 0.29) is 11.6 Å². The molecule has 0 radical (unpaired) electrons. The van der Waals surface area contributed by atoms with Gasteiger partial charge in [-0.15, -0.1) is 0 Å². The Kier molecular flexibility index (Phi) is 4.87. The molecule has 0 aromatic heterocycles. The SMILES string of the molecule is O=C(NCCc1ccc(Cl)cc1)NC1(c2ccccc2)CCC1. The third-order valence-electron chi connectivity index (χ3n) is 4.50. The summed E-state index contributed by atoms with van der Waals surface area (Å²) in [7, 11) is 0. The van der Waals surface area contributed by atoms with Crippen molar-refractivity contribution in [2.24, 2.45) is 0 Å². The van der Waals surface area contributed by atoms with Crippen LogP contribution in [0.4, 0.5) is 4.79 Å². The number of hydrogen-bond donors (Lipinski definition) is 2. The standard InChI is InChI=1S/C19H21ClN2O/c20-17-9-7-15(8-10-17)11-14-21-18(23)22-19(12-4-13-19)16-5-2-1-3-6-16/h1-3,5-10H,4,11-14H2,(H2,21,22,23). The Labute approximate surface area is 142 Å². The maximum absolute atomic E-state index is 12.2. The Balaban J connectivity index is 1.51. The molecule has 1 fully saturated rings. The Morgan fingerprint density at radius 3 is 2.35 bits per heavy atom. The van der Waals surface area contributed by atoms with Crippen LogP contribution in [0.5, 0.6) is 0 Å². The maximum atomic E-state index is 12.2. The lowest BCUT2D eigenvalue weighted by molar-refractivity contribution is 0.177. The molecule has 1 aliphatic rings. The molecule has 4 heteroatoms. The second-order valence-corrected chi connectivity index (χ2v) is 6.50. The van der Waals surface area contributed by atoms with Crippen molar-refractivity contribution in [3.8, 4) is 0 Å². The van der Waals surface area contributed by atoms with Gasteiger partial charge < -0.3 is 10.6 Å². The number of amides is 2. The largest absolute Gasteiger partial charge is 0.338 e. The van der Waals surface area contributed by atoms with E-state index >= 15 is 0 Å². The third kappa shape index (κ3) is 3.85. The Hall–Kier alpha value is -2.00. The summed E-state index contributed by atoms with van der Waals surface area (Å²) in [4.78, 5) is 12.2. The van der Waals surface area contributed by atoms with E-state index in [0.717, 1.165) is 36.3 Å². The molecule has 3 nitrogen and oxygen atoms in total. The highest BCUT2D eigenvalue weighted by Gasteiger charge is 2.39. The summed E-state index contributed by atoms with van der Waals surface area (Å²) >= 11 is 5.87. The van der Waals surface area contributed by atoms with Gasteiger partial charge in [-0.05, 0) is 48.9 Å². The fourth-order valence-electron chi connectivity index (χ4n) is 3.01. The Morgan fingerprint density at radius 1 is 1.04 bits per heavy atom. The van der Waals surface area contributed by atoms with Crippen molar-refractivity contribution in [1.82, 2.24) is 10.6 Å². The number of carbonyl (C=O) groups is 1. The van der Waals surface area contributed by atoms with Crippen LogP contribution in [0.2, 0.25) is 5.02 Å². The summed E-state index contributed by atoms with van der Waals surface area (Å²) < 4.78 is 0. The van der Waals surface area contributed by atoms with Crippen LogP contribution < -0.4 is 10.6 Å². The van der Waals surface area contributed by atoms with E-state index in [0.29, 0.717) is 6.54 Å². The van der Waals surface area contributed by atoms with E-state index in [1.807, 2.05) is 42.5 Å². The summed E-state index contributed by atoms with van der Waals surface area (Å²) in [5.41, 5.74) is 2.17. The van der Waals surface area contributed by atoms with Crippen LogP contribution in [0.15, 0.2) is 54.6 Å². The van der Waals surface area contributed by atoms with Crippen LogP contribution in [0.3, 0.4) is 0 Å². The molecule has 0 spiro atoms. The number of carbonyl (C=O) groups excluding carboxylic acids is 1. The van der Waals surface area contributed by atoms with E-state index in [2.05, 4.69) is 22.8 Å². The highest BCUT2D eigenvalue weighted by atomic mass is 35.5. The van der Waals surface area contributed by atoms with Crippen molar-refractivity contribution >= 4 is 17.6 Å². The van der Waals surface area contributed by atoms with Crippen molar-refractivity contribution < 1.29 is 4.79 Å². The quantitative estimate of drug-likeness (QED) is 0.846. The van der Waals surface area contributed by atoms with Gasteiger partial charge in [-0.25, -0.2) is 4.79 Å². The minimum absolute atomic E-state index is 0.0949. The van der Waals surface area contributed by atoms with Gasteiger partial charge >= 0.3 is 6.03 Å². The first kappa shape index (κ1) is 15.9. The lowest BCUT2D eigenvalue weighted by Crippen LogP contribution is -2.54. The molecule has 2 aromatic rings. The molecular weight excluding hydrogens is 308 g/mol. The van der Waals surface area contributed by atoms with Gasteiger partial charge in [0.05, 0.1) is 5.54 Å². The first-order valence-electron chi connectivity index (χ1n) is 8.04. The van der Waals surface area contributed by atoms with Gasteiger partial charge in [-0.3, -0.25) is 0 Å². The van der Waals surface area contributed by atoms with Gasteiger partial charge in [0.15, 0.2) is 0 Å². The third-order valence-corrected chi connectivity index (χ3v) is 4.75. The van der Waals surface area contributed by atoms with Crippen molar-refractivity contribution in [2.75, 3.05) is 6.54 Å². The van der Waals surface area contributed by atoms with Crippen LogP contribution in [0.25, 0.3) is 0 Å². The van der Waals surface area contributed by atoms with Crippen LogP contribution >= 0.6 is 11.6 Å². The second kappa shape index (κ2) is 7.05. The first-order chi connectivity index (χ1) is 11.2. The van der Waals surface area contributed by atoms with Crippen LogP contribution in [-0.2, 0) is 12.0 Å². The molecule has 0 saturated heterocycles. The topological polar surface area (TPSA) is 41.1 Å². The van der Waals surface area contributed by atoms with Crippen molar-refractivity contribution in [3.05, 3.63) is 70.7 Å². The van der Waals surface area contributed by atoms with E-state index in [1.165, 1.54) is 5.56 Å². The molecule has 23 heavy (non-hydrogen) atoms.